The second-order valence-electron chi connectivity index (χ2n) is 4.49. The summed E-state index contributed by atoms with van der Waals surface area (Å²) < 4.78 is 5.59. The molecule has 1 aromatic rings. The maximum absolute atomic E-state index is 9.10. The first-order chi connectivity index (χ1) is 8.86. The number of hydrogen-bond acceptors (Lipinski definition) is 6. The van der Waals surface area contributed by atoms with Gasteiger partial charge in [0, 0.05) is 18.6 Å². The van der Waals surface area contributed by atoms with Crippen molar-refractivity contribution >= 4 is 11.6 Å². The second-order valence-corrected chi connectivity index (χ2v) is 4.49. The zero-order valence-corrected chi connectivity index (χ0v) is 9.97. The van der Waals surface area contributed by atoms with Crippen molar-refractivity contribution in [3.63, 3.8) is 0 Å². The highest BCUT2D eigenvalue weighted by Crippen LogP contribution is 2.33. The Kier molecular flexibility index (Phi) is 3.02. The Hall–Kier alpha value is -1.82. The van der Waals surface area contributed by atoms with Crippen molar-refractivity contribution in [3.05, 3.63) is 18.5 Å². The van der Waals surface area contributed by atoms with Crippen LogP contribution in [0, 0.1) is 5.92 Å². The van der Waals surface area contributed by atoms with E-state index in [1.807, 2.05) is 6.08 Å². The van der Waals surface area contributed by atoms with Crippen LogP contribution in [0.15, 0.2) is 18.5 Å². The van der Waals surface area contributed by atoms with Crippen molar-refractivity contribution in [1.29, 1.82) is 0 Å². The van der Waals surface area contributed by atoms with E-state index < -0.39 is 0 Å². The molecule has 18 heavy (non-hydrogen) atoms. The molecule has 0 saturated heterocycles. The topological polar surface area (TPSA) is 79.3 Å². The number of fused-ring (bicyclic) bond motifs is 1. The fourth-order valence-corrected chi connectivity index (χ4v) is 2.25. The first-order valence-corrected chi connectivity index (χ1v) is 6.14. The normalized spacial score (nSPS) is 25.2. The molecule has 0 saturated carbocycles. The highest BCUT2D eigenvalue weighted by molar-refractivity contribution is 5.65. The highest BCUT2D eigenvalue weighted by atomic mass is 16.5. The summed E-state index contributed by atoms with van der Waals surface area (Å²) in [6.07, 6.45) is 6.49. The van der Waals surface area contributed by atoms with Crippen molar-refractivity contribution < 1.29 is 9.84 Å². The molecule has 2 heterocycles. The molecule has 6 nitrogen and oxygen atoms in total. The van der Waals surface area contributed by atoms with Crippen LogP contribution in [0.3, 0.4) is 0 Å². The van der Waals surface area contributed by atoms with Gasteiger partial charge in [0.2, 0.25) is 5.75 Å². The molecule has 1 aliphatic carbocycles. The van der Waals surface area contributed by atoms with E-state index in [4.69, 9.17) is 9.84 Å². The average molecular weight is 248 g/mol. The van der Waals surface area contributed by atoms with Gasteiger partial charge in [-0.3, -0.25) is 0 Å². The molecule has 6 heteroatoms. The molecular formula is C12H16N4O2. The third-order valence-electron chi connectivity index (χ3n) is 3.17. The van der Waals surface area contributed by atoms with Gasteiger partial charge in [-0.25, -0.2) is 9.97 Å². The van der Waals surface area contributed by atoms with Gasteiger partial charge in [0.05, 0.1) is 6.54 Å². The molecule has 0 unspecified atom stereocenters. The van der Waals surface area contributed by atoms with Crippen molar-refractivity contribution in [2.24, 2.45) is 5.92 Å². The zero-order valence-electron chi connectivity index (χ0n) is 9.97. The largest absolute Gasteiger partial charge is 0.485 e. The molecule has 0 bridgehead atoms. The Morgan fingerprint density at radius 2 is 2.39 bits per heavy atom. The molecule has 2 atom stereocenters. The van der Waals surface area contributed by atoms with Crippen LogP contribution < -0.4 is 15.4 Å². The lowest BCUT2D eigenvalue weighted by molar-refractivity contribution is 0.250. The van der Waals surface area contributed by atoms with Gasteiger partial charge in [0.1, 0.15) is 12.9 Å². The Morgan fingerprint density at radius 1 is 1.44 bits per heavy atom. The Labute approximate surface area is 105 Å². The molecule has 3 rings (SSSR count). The van der Waals surface area contributed by atoms with Crippen molar-refractivity contribution in [2.45, 2.75) is 12.5 Å². The molecule has 0 radical (unpaired) electrons. The van der Waals surface area contributed by atoms with Gasteiger partial charge in [-0.15, -0.1) is 0 Å². The van der Waals surface area contributed by atoms with E-state index in [0.717, 1.165) is 18.8 Å². The summed E-state index contributed by atoms with van der Waals surface area (Å²) in [5.41, 5.74) is 0. The lowest BCUT2D eigenvalue weighted by atomic mass is 10.1. The van der Waals surface area contributed by atoms with Gasteiger partial charge in [-0.2, -0.15) is 0 Å². The quantitative estimate of drug-likeness (QED) is 0.681. The van der Waals surface area contributed by atoms with E-state index in [0.29, 0.717) is 18.2 Å². The van der Waals surface area contributed by atoms with Gasteiger partial charge in [0.25, 0.3) is 0 Å². The number of aromatic nitrogens is 2. The molecule has 0 spiro atoms. The van der Waals surface area contributed by atoms with E-state index in [-0.39, 0.29) is 18.6 Å². The van der Waals surface area contributed by atoms with Crippen molar-refractivity contribution in [3.8, 4) is 5.75 Å². The molecule has 96 valence electrons. The molecule has 1 aliphatic heterocycles. The molecule has 1 aromatic heterocycles. The second kappa shape index (κ2) is 4.81. The monoisotopic (exact) mass is 248 g/mol. The Balaban J connectivity index is 1.75. The first-order valence-electron chi connectivity index (χ1n) is 6.14. The minimum atomic E-state index is 0.187. The molecule has 0 fully saturated rings. The summed E-state index contributed by atoms with van der Waals surface area (Å²) in [7, 11) is 0. The smallest absolute Gasteiger partial charge is 0.204 e. The van der Waals surface area contributed by atoms with Gasteiger partial charge < -0.3 is 20.5 Å². The summed E-state index contributed by atoms with van der Waals surface area (Å²) in [5, 5.41) is 15.6. The fourth-order valence-electron chi connectivity index (χ4n) is 2.25. The molecule has 0 amide bonds. The first kappa shape index (κ1) is 11.3. The summed E-state index contributed by atoms with van der Waals surface area (Å²) in [6, 6.07) is 0.187. The van der Waals surface area contributed by atoms with E-state index in [2.05, 4.69) is 26.7 Å². The number of rotatable bonds is 3. The SMILES string of the molecule is OC[C@H]1C=C[C@@H](Nc2ncnc3c2OCCN3)C1. The predicted octanol–water partition coefficient (Wildman–Crippen LogP) is 0.630. The van der Waals surface area contributed by atoms with Gasteiger partial charge in [-0.05, 0) is 6.42 Å². The van der Waals surface area contributed by atoms with Crippen LogP contribution in [0.5, 0.6) is 5.75 Å². The number of nitrogens with one attached hydrogen (secondary N) is 2. The molecule has 3 N–H and O–H groups in total. The lowest BCUT2D eigenvalue weighted by Gasteiger charge is -2.22. The summed E-state index contributed by atoms with van der Waals surface area (Å²) >= 11 is 0. The number of aliphatic hydroxyl groups is 1. The van der Waals surface area contributed by atoms with E-state index >= 15 is 0 Å². The van der Waals surface area contributed by atoms with Crippen LogP contribution >= 0.6 is 0 Å². The van der Waals surface area contributed by atoms with E-state index in [9.17, 15) is 0 Å². The van der Waals surface area contributed by atoms with Crippen molar-refractivity contribution in [1.82, 2.24) is 9.97 Å². The minimum absolute atomic E-state index is 0.187. The van der Waals surface area contributed by atoms with Crippen LogP contribution in [-0.4, -0.2) is 40.9 Å². The summed E-state index contributed by atoms with van der Waals surface area (Å²) in [6.45, 7) is 1.57. The van der Waals surface area contributed by atoms with Gasteiger partial charge in [0.15, 0.2) is 11.6 Å². The highest BCUT2D eigenvalue weighted by Gasteiger charge is 2.22. The predicted molar refractivity (Wildman–Crippen MR) is 67.8 cm³/mol. The number of aliphatic hydroxyl groups excluding tert-OH is 1. The van der Waals surface area contributed by atoms with Gasteiger partial charge in [-0.1, -0.05) is 12.2 Å². The number of nitrogens with zero attached hydrogens (tertiary/aromatic N) is 2. The van der Waals surface area contributed by atoms with Crippen LogP contribution in [0.4, 0.5) is 11.6 Å². The standard InChI is InChI=1S/C12H16N4O2/c17-6-8-1-2-9(5-8)16-12-10-11(14-7-15-12)13-3-4-18-10/h1-2,7-9,17H,3-6H2,(H2,13,14,15,16)/t8-,9+/m0/s1. The number of anilines is 2. The molecular weight excluding hydrogens is 232 g/mol. The zero-order chi connectivity index (χ0) is 12.4. The number of ether oxygens (including phenoxy) is 1. The fraction of sp³-hybridized carbons (Fsp3) is 0.500. The Bertz CT molecular complexity index is 463. The van der Waals surface area contributed by atoms with Gasteiger partial charge >= 0.3 is 0 Å². The van der Waals surface area contributed by atoms with Crippen molar-refractivity contribution in [2.75, 3.05) is 30.4 Å². The van der Waals surface area contributed by atoms with E-state index in [1.54, 1.807) is 0 Å². The van der Waals surface area contributed by atoms with Crippen LogP contribution in [0.25, 0.3) is 0 Å². The average Bonchev–Trinajstić information content (AvgIpc) is 2.87. The molecule has 0 aromatic carbocycles. The summed E-state index contributed by atoms with van der Waals surface area (Å²) in [5.74, 6) is 2.36. The third-order valence-corrected chi connectivity index (χ3v) is 3.17. The van der Waals surface area contributed by atoms with Crippen LogP contribution in [0.1, 0.15) is 6.42 Å². The number of hydrogen-bond donors (Lipinski definition) is 3. The molecule has 2 aliphatic rings. The van der Waals surface area contributed by atoms with E-state index in [1.165, 1.54) is 6.33 Å². The van der Waals surface area contributed by atoms with Crippen LogP contribution in [0.2, 0.25) is 0 Å². The maximum Gasteiger partial charge on any atom is 0.204 e. The third kappa shape index (κ3) is 2.11. The summed E-state index contributed by atoms with van der Waals surface area (Å²) in [4.78, 5) is 8.36. The Morgan fingerprint density at radius 3 is 3.22 bits per heavy atom. The maximum atomic E-state index is 9.10. The lowest BCUT2D eigenvalue weighted by Crippen LogP contribution is -2.23. The minimum Gasteiger partial charge on any atom is -0.485 e. The van der Waals surface area contributed by atoms with Crippen LogP contribution in [-0.2, 0) is 0 Å².